The van der Waals surface area contributed by atoms with E-state index < -0.39 is 41.1 Å². The van der Waals surface area contributed by atoms with Crippen LogP contribution in [0.1, 0.15) is 71.4 Å². The van der Waals surface area contributed by atoms with Gasteiger partial charge in [-0.3, -0.25) is 14.4 Å². The number of amides is 2. The lowest BCUT2D eigenvalue weighted by Crippen LogP contribution is -2.58. The Hall–Kier alpha value is -2.71. The lowest BCUT2D eigenvalue weighted by Gasteiger charge is -2.41. The van der Waals surface area contributed by atoms with E-state index in [0.29, 0.717) is 25.8 Å². The van der Waals surface area contributed by atoms with Gasteiger partial charge in [-0.15, -0.1) is 6.58 Å². The molecule has 208 valence electrons. The summed E-state index contributed by atoms with van der Waals surface area (Å²) in [6.45, 7) is 11.8. The van der Waals surface area contributed by atoms with Crippen molar-refractivity contribution >= 4 is 17.8 Å². The average molecular weight is 527 g/mol. The van der Waals surface area contributed by atoms with Crippen molar-refractivity contribution in [3.8, 4) is 0 Å². The number of nitrogens with zero attached hydrogens (tertiary/aromatic N) is 2. The SMILES string of the molecule is C=CCN(C(=O)C1N([C@H](CO)c2ccccc2)C(=O)[C@@H]2[C@@H](C(=O)OCC)[C@@]3(CC)CCC12O3)C(C)CCC. The molecule has 38 heavy (non-hydrogen) atoms. The van der Waals surface area contributed by atoms with Crippen LogP contribution in [-0.4, -0.2) is 75.7 Å². The Kier molecular flexibility index (Phi) is 8.33. The van der Waals surface area contributed by atoms with Crippen molar-refractivity contribution in [3.05, 3.63) is 48.6 Å². The van der Waals surface area contributed by atoms with Crippen LogP contribution in [0.5, 0.6) is 0 Å². The molecular formula is C30H42N2O6. The van der Waals surface area contributed by atoms with Gasteiger partial charge in [0.05, 0.1) is 30.8 Å². The normalized spacial score (nSPS) is 31.1. The second-order valence-corrected chi connectivity index (χ2v) is 10.9. The van der Waals surface area contributed by atoms with Crippen LogP contribution in [0.15, 0.2) is 43.0 Å². The zero-order valence-electron chi connectivity index (χ0n) is 23.1. The van der Waals surface area contributed by atoms with Gasteiger partial charge in [0.2, 0.25) is 11.8 Å². The number of fused-ring (bicyclic) bond motifs is 1. The maximum Gasteiger partial charge on any atom is 0.312 e. The second kappa shape index (κ2) is 11.2. The van der Waals surface area contributed by atoms with Gasteiger partial charge in [-0.1, -0.05) is 56.7 Å². The van der Waals surface area contributed by atoms with Gasteiger partial charge >= 0.3 is 5.97 Å². The minimum atomic E-state index is -1.17. The summed E-state index contributed by atoms with van der Waals surface area (Å²) in [6.07, 6.45) is 4.97. The summed E-state index contributed by atoms with van der Waals surface area (Å²) in [4.78, 5) is 45.7. The van der Waals surface area contributed by atoms with Crippen molar-refractivity contribution < 1.29 is 29.0 Å². The number of benzene rings is 1. The molecule has 4 rings (SSSR count). The van der Waals surface area contributed by atoms with Crippen LogP contribution in [0.2, 0.25) is 0 Å². The highest BCUT2D eigenvalue weighted by molar-refractivity contribution is 5.99. The van der Waals surface area contributed by atoms with E-state index in [2.05, 4.69) is 13.5 Å². The third-order valence-electron chi connectivity index (χ3n) is 8.93. The molecule has 1 spiro atoms. The summed E-state index contributed by atoms with van der Waals surface area (Å²) >= 11 is 0. The highest BCUT2D eigenvalue weighted by Crippen LogP contribution is 2.65. The first kappa shape index (κ1) is 28.3. The number of ether oxygens (including phenoxy) is 2. The summed E-state index contributed by atoms with van der Waals surface area (Å²) in [6, 6.07) is 7.42. The fourth-order valence-corrected chi connectivity index (χ4v) is 7.25. The lowest BCUT2D eigenvalue weighted by atomic mass is 9.65. The van der Waals surface area contributed by atoms with Gasteiger partial charge in [0.1, 0.15) is 17.6 Å². The molecule has 3 heterocycles. The summed E-state index contributed by atoms with van der Waals surface area (Å²) in [5.74, 6) is -2.67. The van der Waals surface area contributed by atoms with E-state index in [1.165, 1.54) is 4.90 Å². The molecule has 3 aliphatic heterocycles. The Labute approximate surface area is 226 Å². The molecule has 8 nitrogen and oxygen atoms in total. The molecule has 2 amide bonds. The van der Waals surface area contributed by atoms with Gasteiger partial charge in [-0.25, -0.2) is 0 Å². The maximum absolute atomic E-state index is 14.6. The van der Waals surface area contributed by atoms with E-state index in [-0.39, 0.29) is 31.1 Å². The van der Waals surface area contributed by atoms with Crippen molar-refractivity contribution in [3.63, 3.8) is 0 Å². The number of carbonyl (C=O) groups is 3. The molecule has 3 unspecified atom stereocenters. The van der Waals surface area contributed by atoms with Crippen molar-refractivity contribution in [2.45, 2.75) is 89.1 Å². The minimum Gasteiger partial charge on any atom is -0.466 e. The van der Waals surface area contributed by atoms with Gasteiger partial charge in [0.15, 0.2) is 0 Å². The first-order chi connectivity index (χ1) is 18.3. The fraction of sp³-hybridized carbons (Fsp3) is 0.633. The number of carbonyl (C=O) groups excluding carboxylic acids is 3. The molecule has 7 atom stereocenters. The molecule has 0 radical (unpaired) electrons. The van der Waals surface area contributed by atoms with Crippen molar-refractivity contribution in [2.24, 2.45) is 11.8 Å². The Morgan fingerprint density at radius 2 is 1.97 bits per heavy atom. The Morgan fingerprint density at radius 1 is 1.26 bits per heavy atom. The lowest BCUT2D eigenvalue weighted by molar-refractivity contribution is -0.163. The third kappa shape index (κ3) is 4.26. The zero-order chi connectivity index (χ0) is 27.7. The number of hydrogen-bond acceptors (Lipinski definition) is 6. The summed E-state index contributed by atoms with van der Waals surface area (Å²) < 4.78 is 12.3. The molecule has 3 aliphatic rings. The van der Waals surface area contributed by atoms with Crippen LogP contribution < -0.4 is 0 Å². The van der Waals surface area contributed by atoms with Crippen LogP contribution in [0.25, 0.3) is 0 Å². The summed E-state index contributed by atoms with van der Waals surface area (Å²) in [7, 11) is 0. The zero-order valence-corrected chi connectivity index (χ0v) is 23.1. The molecule has 1 aromatic rings. The molecule has 0 aliphatic carbocycles. The Balaban J connectivity index is 1.88. The molecule has 1 aromatic carbocycles. The molecule has 3 fully saturated rings. The van der Waals surface area contributed by atoms with Crippen molar-refractivity contribution in [2.75, 3.05) is 19.8 Å². The average Bonchev–Trinajstić information content (AvgIpc) is 3.52. The van der Waals surface area contributed by atoms with Crippen LogP contribution in [-0.2, 0) is 23.9 Å². The number of likely N-dealkylation sites (tertiary alicyclic amines) is 1. The topological polar surface area (TPSA) is 96.4 Å². The van der Waals surface area contributed by atoms with E-state index in [1.807, 2.05) is 44.2 Å². The number of esters is 1. The highest BCUT2D eigenvalue weighted by Gasteiger charge is 2.79. The van der Waals surface area contributed by atoms with E-state index in [4.69, 9.17) is 9.47 Å². The number of rotatable bonds is 12. The predicted molar refractivity (Wildman–Crippen MR) is 143 cm³/mol. The Bertz CT molecular complexity index is 1050. The molecular weight excluding hydrogens is 484 g/mol. The minimum absolute atomic E-state index is 0.0817. The van der Waals surface area contributed by atoms with Gasteiger partial charge in [0, 0.05) is 12.6 Å². The molecule has 8 heteroatoms. The quantitative estimate of drug-likeness (QED) is 0.330. The molecule has 3 saturated heterocycles. The van der Waals surface area contributed by atoms with Crippen LogP contribution in [0.3, 0.4) is 0 Å². The second-order valence-electron chi connectivity index (χ2n) is 10.9. The summed E-state index contributed by atoms with van der Waals surface area (Å²) in [5.41, 5.74) is -1.30. The van der Waals surface area contributed by atoms with Gasteiger partial charge in [0.25, 0.3) is 0 Å². The molecule has 0 aromatic heterocycles. The standard InChI is InChI=1S/C30H42N2O6/c1-6-13-20(5)31(18-7-2)27(35)25-30-17-16-29(8-3,38-30)24(28(36)37-9-4)23(30)26(34)32(25)22(19-33)21-14-11-10-12-15-21/h7,10-12,14-15,20,22-25,33H,2,6,8-9,13,16-19H2,1,3-5H3/t20?,22-,23+,24+,25?,29-,30?/m1/s1. The van der Waals surface area contributed by atoms with Gasteiger partial charge in [-0.05, 0) is 45.1 Å². The molecule has 1 N–H and O–H groups in total. The Morgan fingerprint density at radius 3 is 2.55 bits per heavy atom. The molecule has 2 bridgehead atoms. The largest absolute Gasteiger partial charge is 0.466 e. The molecule has 0 saturated carbocycles. The van der Waals surface area contributed by atoms with E-state index in [9.17, 15) is 19.5 Å². The first-order valence-electron chi connectivity index (χ1n) is 14.0. The van der Waals surface area contributed by atoms with E-state index >= 15 is 0 Å². The third-order valence-corrected chi connectivity index (χ3v) is 8.93. The number of aliphatic hydroxyl groups excluding tert-OH is 1. The highest BCUT2D eigenvalue weighted by atomic mass is 16.6. The summed E-state index contributed by atoms with van der Waals surface area (Å²) in [5, 5.41) is 10.6. The number of aliphatic hydroxyl groups is 1. The van der Waals surface area contributed by atoms with Gasteiger partial charge < -0.3 is 24.4 Å². The first-order valence-corrected chi connectivity index (χ1v) is 14.0. The monoisotopic (exact) mass is 526 g/mol. The maximum atomic E-state index is 14.6. The smallest absolute Gasteiger partial charge is 0.312 e. The van der Waals surface area contributed by atoms with Crippen LogP contribution in [0.4, 0.5) is 0 Å². The fourth-order valence-electron chi connectivity index (χ4n) is 7.25. The number of hydrogen-bond donors (Lipinski definition) is 1. The predicted octanol–water partition coefficient (Wildman–Crippen LogP) is 3.64. The van der Waals surface area contributed by atoms with E-state index in [1.54, 1.807) is 17.9 Å². The van der Waals surface area contributed by atoms with Gasteiger partial charge in [-0.2, -0.15) is 0 Å². The van der Waals surface area contributed by atoms with E-state index in [0.717, 1.165) is 18.4 Å². The van der Waals surface area contributed by atoms with Crippen molar-refractivity contribution in [1.82, 2.24) is 9.80 Å². The van der Waals surface area contributed by atoms with Crippen molar-refractivity contribution in [1.29, 1.82) is 0 Å². The van der Waals surface area contributed by atoms with Crippen LogP contribution in [0, 0.1) is 11.8 Å². The van der Waals surface area contributed by atoms with Crippen LogP contribution >= 0.6 is 0 Å².